The average Bonchev–Trinajstić information content (AvgIpc) is 2.38. The van der Waals surface area contributed by atoms with E-state index < -0.39 is 0 Å². The molecule has 0 radical (unpaired) electrons. The van der Waals surface area contributed by atoms with Crippen molar-refractivity contribution in [2.24, 2.45) is 17.1 Å². The molecule has 0 spiro atoms. The molecular formula is C16H30N2O3. The van der Waals surface area contributed by atoms with E-state index in [-0.39, 0.29) is 17.6 Å². The van der Waals surface area contributed by atoms with Crippen LogP contribution in [0, 0.1) is 18.3 Å². The fraction of sp³-hybridized carbons (Fsp3) is 0.688. The molecule has 1 heterocycles. The third-order valence-corrected chi connectivity index (χ3v) is 2.98. The van der Waals surface area contributed by atoms with Crippen molar-refractivity contribution in [2.75, 3.05) is 13.2 Å². The lowest BCUT2D eigenvalue weighted by atomic mass is 9.83. The third kappa shape index (κ3) is 7.87. The predicted molar refractivity (Wildman–Crippen MR) is 85.7 cm³/mol. The van der Waals surface area contributed by atoms with Crippen LogP contribution in [-0.4, -0.2) is 28.2 Å². The molecule has 0 aliphatic heterocycles. The fourth-order valence-corrected chi connectivity index (χ4v) is 2.29. The zero-order valence-electron chi connectivity index (χ0n) is 13.9. The second-order valence-electron chi connectivity index (χ2n) is 6.71. The lowest BCUT2D eigenvalue weighted by molar-refractivity contribution is 0.159. The van der Waals surface area contributed by atoms with Crippen LogP contribution < -0.4 is 11.3 Å². The van der Waals surface area contributed by atoms with Crippen molar-refractivity contribution in [3.63, 3.8) is 0 Å². The zero-order chi connectivity index (χ0) is 16.6. The van der Waals surface area contributed by atoms with Gasteiger partial charge in [0.1, 0.15) is 0 Å². The maximum Gasteiger partial charge on any atom is 0.285 e. The molecule has 0 bridgehead atoms. The third-order valence-electron chi connectivity index (χ3n) is 2.98. The molecule has 122 valence electrons. The molecule has 21 heavy (non-hydrogen) atoms. The van der Waals surface area contributed by atoms with Crippen molar-refractivity contribution in [2.45, 2.75) is 47.5 Å². The van der Waals surface area contributed by atoms with E-state index in [4.69, 9.17) is 10.8 Å². The minimum Gasteiger partial charge on any atom is -0.425 e. The molecule has 0 saturated heterocycles. The number of aliphatic hydroxyl groups is 1. The molecule has 1 atom stereocenters. The Balaban J connectivity index is 0.000000885. The van der Waals surface area contributed by atoms with E-state index in [9.17, 15) is 10.0 Å². The van der Waals surface area contributed by atoms with Crippen LogP contribution in [-0.2, 0) is 6.42 Å². The van der Waals surface area contributed by atoms with Crippen LogP contribution in [0.25, 0.3) is 0 Å². The molecule has 1 aromatic rings. The minimum atomic E-state index is -0.314. The van der Waals surface area contributed by atoms with Crippen LogP contribution in [0.1, 0.15) is 45.4 Å². The summed E-state index contributed by atoms with van der Waals surface area (Å²) in [7, 11) is 0. The Morgan fingerprint density at radius 1 is 1.33 bits per heavy atom. The van der Waals surface area contributed by atoms with Gasteiger partial charge < -0.3 is 16.0 Å². The largest absolute Gasteiger partial charge is 0.425 e. The van der Waals surface area contributed by atoms with Gasteiger partial charge in [-0.2, -0.15) is 4.73 Å². The van der Waals surface area contributed by atoms with Crippen LogP contribution in [0.2, 0.25) is 0 Å². The molecule has 0 fully saturated rings. The summed E-state index contributed by atoms with van der Waals surface area (Å²) in [6, 6.07) is 3.60. The zero-order valence-corrected chi connectivity index (χ0v) is 13.9. The van der Waals surface area contributed by atoms with E-state index in [0.29, 0.717) is 23.7 Å². The normalized spacial score (nSPS) is 12.5. The summed E-state index contributed by atoms with van der Waals surface area (Å²) in [5, 5.41) is 17.5. The maximum atomic E-state index is 11.6. The highest BCUT2D eigenvalue weighted by molar-refractivity contribution is 5.14. The average molecular weight is 298 g/mol. The van der Waals surface area contributed by atoms with Gasteiger partial charge in [0.15, 0.2) is 0 Å². The fourth-order valence-electron chi connectivity index (χ4n) is 2.29. The molecule has 0 saturated carbocycles. The summed E-state index contributed by atoms with van der Waals surface area (Å²) in [6.07, 6.45) is 1.79. The maximum absolute atomic E-state index is 11.6. The summed E-state index contributed by atoms with van der Waals surface area (Å²) < 4.78 is 0.786. The molecule has 1 rings (SSSR count). The SMILES string of the molecule is Cc1ccc(CC(C)CC(C)(C)C)n(O)c1=O.NCCO. The highest BCUT2D eigenvalue weighted by atomic mass is 16.5. The highest BCUT2D eigenvalue weighted by Gasteiger charge is 2.17. The first-order valence-corrected chi connectivity index (χ1v) is 7.34. The molecule has 1 aromatic heterocycles. The summed E-state index contributed by atoms with van der Waals surface area (Å²) in [5.74, 6) is 0.440. The first kappa shape index (κ1) is 19.7. The molecule has 0 aliphatic rings. The number of rotatable bonds is 4. The molecule has 1 unspecified atom stereocenters. The molecule has 4 N–H and O–H groups in total. The molecular weight excluding hydrogens is 268 g/mol. The highest BCUT2D eigenvalue weighted by Crippen LogP contribution is 2.25. The van der Waals surface area contributed by atoms with Crippen molar-refractivity contribution >= 4 is 0 Å². The van der Waals surface area contributed by atoms with Gasteiger partial charge in [0.25, 0.3) is 5.56 Å². The lowest BCUT2D eigenvalue weighted by Gasteiger charge is -2.23. The van der Waals surface area contributed by atoms with Crippen LogP contribution in [0.5, 0.6) is 0 Å². The van der Waals surface area contributed by atoms with E-state index in [1.165, 1.54) is 0 Å². The van der Waals surface area contributed by atoms with Gasteiger partial charge in [-0.3, -0.25) is 4.79 Å². The van der Waals surface area contributed by atoms with E-state index in [2.05, 4.69) is 27.7 Å². The second kappa shape index (κ2) is 8.85. The van der Waals surface area contributed by atoms with Crippen molar-refractivity contribution < 1.29 is 10.3 Å². The van der Waals surface area contributed by atoms with Crippen molar-refractivity contribution in [3.05, 3.63) is 33.7 Å². The molecule has 5 heteroatoms. The smallest absolute Gasteiger partial charge is 0.285 e. The lowest BCUT2D eigenvalue weighted by Crippen LogP contribution is -2.24. The van der Waals surface area contributed by atoms with Crippen molar-refractivity contribution in [1.29, 1.82) is 0 Å². The standard InChI is InChI=1S/C14H23NO2.C2H7NO/c1-10(9-14(3,4)5)8-12-7-6-11(2)13(16)15(12)17;3-1-2-4/h6-7,10,17H,8-9H2,1-5H3;4H,1-3H2. The quantitative estimate of drug-likeness (QED) is 0.741. The summed E-state index contributed by atoms with van der Waals surface area (Å²) in [4.78, 5) is 11.6. The molecule has 0 amide bonds. The van der Waals surface area contributed by atoms with Crippen LogP contribution in [0.3, 0.4) is 0 Å². The number of aromatic nitrogens is 1. The number of aliphatic hydroxyl groups excluding tert-OH is 1. The van der Waals surface area contributed by atoms with E-state index >= 15 is 0 Å². The summed E-state index contributed by atoms with van der Waals surface area (Å²) in [5.41, 5.74) is 5.99. The topological polar surface area (TPSA) is 88.5 Å². The Hall–Kier alpha value is -1.33. The number of nitrogens with two attached hydrogens (primary N) is 1. The Kier molecular flexibility index (Phi) is 8.29. The monoisotopic (exact) mass is 298 g/mol. The van der Waals surface area contributed by atoms with Gasteiger partial charge in [-0.15, -0.1) is 0 Å². The predicted octanol–water partition coefficient (Wildman–Crippen LogP) is 1.95. The van der Waals surface area contributed by atoms with E-state index in [1.807, 2.05) is 6.07 Å². The number of hydrogen-bond donors (Lipinski definition) is 3. The minimum absolute atomic E-state index is 0.0972. The summed E-state index contributed by atoms with van der Waals surface area (Å²) >= 11 is 0. The van der Waals surface area contributed by atoms with E-state index in [0.717, 1.165) is 17.6 Å². The Labute approximate surface area is 127 Å². The first-order chi connectivity index (χ1) is 9.62. The van der Waals surface area contributed by atoms with E-state index in [1.54, 1.807) is 13.0 Å². The Morgan fingerprint density at radius 2 is 1.86 bits per heavy atom. The summed E-state index contributed by atoms with van der Waals surface area (Å²) in [6.45, 7) is 10.9. The van der Waals surface area contributed by atoms with Gasteiger partial charge in [-0.1, -0.05) is 33.8 Å². The molecule has 5 nitrogen and oxygen atoms in total. The number of pyridine rings is 1. The van der Waals surface area contributed by atoms with Gasteiger partial charge in [0.2, 0.25) is 0 Å². The van der Waals surface area contributed by atoms with Gasteiger partial charge in [-0.25, -0.2) is 0 Å². The Morgan fingerprint density at radius 3 is 2.29 bits per heavy atom. The number of hydrogen-bond acceptors (Lipinski definition) is 4. The van der Waals surface area contributed by atoms with Gasteiger partial charge in [0.05, 0.1) is 12.3 Å². The number of aryl methyl sites for hydroxylation is 1. The Bertz CT molecular complexity index is 473. The van der Waals surface area contributed by atoms with Crippen LogP contribution in [0.4, 0.5) is 0 Å². The van der Waals surface area contributed by atoms with Gasteiger partial charge in [-0.05, 0) is 37.2 Å². The van der Waals surface area contributed by atoms with Crippen LogP contribution >= 0.6 is 0 Å². The second-order valence-corrected chi connectivity index (χ2v) is 6.71. The van der Waals surface area contributed by atoms with Crippen molar-refractivity contribution in [3.8, 4) is 0 Å². The van der Waals surface area contributed by atoms with Gasteiger partial charge in [0, 0.05) is 12.1 Å². The number of nitrogens with zero attached hydrogens (tertiary/aromatic N) is 1. The molecule has 0 aliphatic carbocycles. The van der Waals surface area contributed by atoms with Crippen molar-refractivity contribution in [1.82, 2.24) is 4.73 Å². The van der Waals surface area contributed by atoms with Gasteiger partial charge >= 0.3 is 0 Å². The van der Waals surface area contributed by atoms with Crippen LogP contribution in [0.15, 0.2) is 16.9 Å². The molecule has 0 aromatic carbocycles. The first-order valence-electron chi connectivity index (χ1n) is 7.34.